The van der Waals surface area contributed by atoms with Gasteiger partial charge in [-0.25, -0.2) is 0 Å². The first kappa shape index (κ1) is 51.4. The SMILES string of the molecule is Br.F.[Cu].[Mn]. The summed E-state index contributed by atoms with van der Waals surface area (Å²) < 4.78 is 0. The fourth-order valence-corrected chi connectivity index (χ4v) is 0. The first-order valence-corrected chi connectivity index (χ1v) is 0. The van der Waals surface area contributed by atoms with E-state index in [1.165, 1.54) is 0 Å². The summed E-state index contributed by atoms with van der Waals surface area (Å²) in [5.74, 6) is 0. The van der Waals surface area contributed by atoms with Crippen molar-refractivity contribution in [2.75, 3.05) is 0 Å². The summed E-state index contributed by atoms with van der Waals surface area (Å²) in [5.41, 5.74) is 0. The van der Waals surface area contributed by atoms with Crippen LogP contribution in [-0.2, 0) is 34.1 Å². The maximum Gasteiger partial charge on any atom is 0 e. The van der Waals surface area contributed by atoms with E-state index in [4.69, 9.17) is 0 Å². The molecular formula is H2BrCuFMn. The maximum atomic E-state index is 0. The third-order valence-electron chi connectivity index (χ3n) is 0. The van der Waals surface area contributed by atoms with Gasteiger partial charge in [-0.15, -0.1) is 17.0 Å². The summed E-state index contributed by atoms with van der Waals surface area (Å²) in [7, 11) is 0. The Morgan fingerprint density at radius 2 is 1.00 bits per heavy atom. The standard InChI is InChI=1S/BrH.Cu.FH.Mn/h1H;;1H;. The second-order valence-electron chi connectivity index (χ2n) is 0. The van der Waals surface area contributed by atoms with Crippen molar-refractivity contribution in [3.63, 3.8) is 0 Å². The molecule has 0 saturated heterocycles. The van der Waals surface area contributed by atoms with Crippen LogP contribution in [0, 0.1) is 0 Å². The summed E-state index contributed by atoms with van der Waals surface area (Å²) in [6.07, 6.45) is 0. The van der Waals surface area contributed by atoms with Gasteiger partial charge >= 0.3 is 0 Å². The Labute approximate surface area is 55.8 Å². The molecule has 0 aliphatic carbocycles. The van der Waals surface area contributed by atoms with Crippen LogP contribution in [0.3, 0.4) is 0 Å². The van der Waals surface area contributed by atoms with Crippen LogP contribution in [0.25, 0.3) is 0 Å². The molecule has 0 saturated carbocycles. The smallest absolute Gasteiger partial charge is 0 e. The van der Waals surface area contributed by atoms with Gasteiger partial charge in [-0.05, 0) is 0 Å². The van der Waals surface area contributed by atoms with Gasteiger partial charge in [0.25, 0.3) is 0 Å². The molecule has 0 aliphatic rings. The minimum absolute atomic E-state index is 0. The predicted molar refractivity (Wildman–Crippen MR) is 12.8 cm³/mol. The molecule has 0 N–H and O–H groups in total. The van der Waals surface area contributed by atoms with Crippen molar-refractivity contribution in [2.24, 2.45) is 0 Å². The first-order chi connectivity index (χ1) is 0. The third kappa shape index (κ3) is 9.85. The van der Waals surface area contributed by atoms with E-state index in [1.54, 1.807) is 0 Å². The predicted octanol–water partition coefficient (Wildman–Crippen LogP) is 0.725. The first-order valence-electron chi connectivity index (χ1n) is 0. The molecular weight excluding hydrogens is 217 g/mol. The Balaban J connectivity index is 0. The van der Waals surface area contributed by atoms with Crippen molar-refractivity contribution in [3.8, 4) is 0 Å². The molecule has 0 atom stereocenters. The molecule has 0 aliphatic heterocycles. The quantitative estimate of drug-likeness (QED) is 0.527. The third-order valence-corrected chi connectivity index (χ3v) is 0. The molecule has 0 spiro atoms. The molecule has 4 heteroatoms. The van der Waals surface area contributed by atoms with Gasteiger partial charge in [0.05, 0.1) is 0 Å². The van der Waals surface area contributed by atoms with Gasteiger partial charge in [0.15, 0.2) is 0 Å². The second-order valence-corrected chi connectivity index (χ2v) is 0. The van der Waals surface area contributed by atoms with Crippen molar-refractivity contribution < 1.29 is 38.8 Å². The summed E-state index contributed by atoms with van der Waals surface area (Å²) in [6, 6.07) is 0. The van der Waals surface area contributed by atoms with Crippen LogP contribution in [0.2, 0.25) is 0 Å². The van der Waals surface area contributed by atoms with Gasteiger partial charge in [0, 0.05) is 34.1 Å². The number of hydrogen-bond acceptors (Lipinski definition) is 0. The van der Waals surface area contributed by atoms with Crippen molar-refractivity contribution in [3.05, 3.63) is 0 Å². The molecule has 0 rings (SSSR count). The maximum absolute atomic E-state index is 0. The average molecular weight is 219 g/mol. The summed E-state index contributed by atoms with van der Waals surface area (Å²) in [5, 5.41) is 0. The van der Waals surface area contributed by atoms with E-state index in [9.17, 15) is 0 Å². The van der Waals surface area contributed by atoms with E-state index in [-0.39, 0.29) is 55.8 Å². The molecule has 0 aromatic rings. The van der Waals surface area contributed by atoms with E-state index in [0.717, 1.165) is 0 Å². The number of hydrogen-bond donors (Lipinski definition) is 0. The van der Waals surface area contributed by atoms with Crippen LogP contribution in [0.1, 0.15) is 0 Å². The molecule has 0 aromatic heterocycles. The monoisotopic (exact) mass is 218 g/mol. The van der Waals surface area contributed by atoms with Crippen LogP contribution in [-0.4, -0.2) is 0 Å². The molecule has 2 radical (unpaired) electrons. The zero-order chi connectivity index (χ0) is 0. The normalized spacial score (nSPS) is 0. The molecule has 0 unspecified atom stereocenters. The van der Waals surface area contributed by atoms with E-state index in [0.29, 0.717) is 0 Å². The van der Waals surface area contributed by atoms with Crippen molar-refractivity contribution in [1.82, 2.24) is 0 Å². The van der Waals surface area contributed by atoms with Gasteiger partial charge in [-0.1, -0.05) is 0 Å². The Morgan fingerprint density at radius 3 is 1.00 bits per heavy atom. The fourth-order valence-electron chi connectivity index (χ4n) is 0. The van der Waals surface area contributed by atoms with Crippen LogP contribution in [0.4, 0.5) is 4.70 Å². The van der Waals surface area contributed by atoms with Gasteiger partial charge in [-0.3, -0.25) is 4.70 Å². The van der Waals surface area contributed by atoms with Crippen molar-refractivity contribution in [2.45, 2.75) is 0 Å². The Morgan fingerprint density at radius 1 is 1.00 bits per heavy atom. The van der Waals surface area contributed by atoms with Gasteiger partial charge in [-0.2, -0.15) is 0 Å². The molecule has 4 heavy (non-hydrogen) atoms. The van der Waals surface area contributed by atoms with E-state index in [2.05, 4.69) is 0 Å². The molecule has 0 fully saturated rings. The molecule has 0 bridgehead atoms. The minimum Gasteiger partial charge on any atom is -0.269 e. The molecule has 0 amide bonds. The second kappa shape index (κ2) is 25.2. The molecule has 0 heterocycles. The summed E-state index contributed by atoms with van der Waals surface area (Å²) in [4.78, 5) is 0. The number of halogens is 2. The van der Waals surface area contributed by atoms with Crippen molar-refractivity contribution >= 4 is 17.0 Å². The number of rotatable bonds is 0. The fraction of sp³-hybridized carbons (Fsp3) is 0. The van der Waals surface area contributed by atoms with Crippen molar-refractivity contribution in [1.29, 1.82) is 0 Å². The Hall–Kier alpha value is 1.45. The van der Waals surface area contributed by atoms with Gasteiger partial charge in [0.1, 0.15) is 0 Å². The topological polar surface area (TPSA) is 0 Å². The van der Waals surface area contributed by atoms with Gasteiger partial charge in [0.2, 0.25) is 0 Å². The van der Waals surface area contributed by atoms with Crippen LogP contribution >= 0.6 is 17.0 Å². The van der Waals surface area contributed by atoms with Crippen LogP contribution < -0.4 is 0 Å². The van der Waals surface area contributed by atoms with Crippen LogP contribution in [0.5, 0.6) is 0 Å². The summed E-state index contributed by atoms with van der Waals surface area (Å²) in [6.45, 7) is 0. The largest absolute Gasteiger partial charge is 0.269 e. The zero-order valence-electron chi connectivity index (χ0n) is 1.50. The average Bonchev–Trinajstić information content (AvgIpc) is 0. The zero-order valence-corrected chi connectivity index (χ0v) is 5.33. The Bertz CT molecular complexity index is 8.00. The molecule has 0 aromatic carbocycles. The van der Waals surface area contributed by atoms with Gasteiger partial charge < -0.3 is 0 Å². The van der Waals surface area contributed by atoms with E-state index in [1.807, 2.05) is 0 Å². The van der Waals surface area contributed by atoms with Crippen LogP contribution in [0.15, 0.2) is 0 Å². The molecule has 34 valence electrons. The Kier molecular flexibility index (Phi) is 324. The van der Waals surface area contributed by atoms with E-state index >= 15 is 0 Å². The molecule has 0 nitrogen and oxygen atoms in total. The minimum atomic E-state index is 0. The van der Waals surface area contributed by atoms with E-state index < -0.39 is 0 Å². The summed E-state index contributed by atoms with van der Waals surface area (Å²) >= 11 is 0.